The molecule has 0 saturated carbocycles. The molecule has 5 rings (SSSR count). The summed E-state index contributed by atoms with van der Waals surface area (Å²) in [6, 6.07) is 38.9. The van der Waals surface area contributed by atoms with Crippen molar-refractivity contribution in [3.63, 3.8) is 0 Å². The van der Waals surface area contributed by atoms with Crippen LogP contribution < -0.4 is 0 Å². The Hall–Kier alpha value is -4.23. The Balaban J connectivity index is 1.42. The fourth-order valence-electron chi connectivity index (χ4n) is 5.48. The lowest BCUT2D eigenvalue weighted by Crippen LogP contribution is -2.46. The maximum Gasteiger partial charge on any atom is 0.410 e. The molecule has 0 aliphatic carbocycles. The molecule has 0 aromatic heterocycles. The SMILES string of the molecule is C=CC[C@@H]1[C@@H](OCc2ccccc2)[C@H](OCc2ccccc2)[C@@H](COCc2ccccc2)N1C(=O)OCc1ccccc1. The average molecular weight is 578 g/mol. The van der Waals surface area contributed by atoms with E-state index in [1.165, 1.54) is 0 Å². The Morgan fingerprint density at radius 3 is 1.49 bits per heavy atom. The Morgan fingerprint density at radius 1 is 0.605 bits per heavy atom. The molecule has 4 aromatic carbocycles. The van der Waals surface area contributed by atoms with Crippen LogP contribution in [0.15, 0.2) is 134 Å². The van der Waals surface area contributed by atoms with Crippen LogP contribution in [0.3, 0.4) is 0 Å². The van der Waals surface area contributed by atoms with Gasteiger partial charge in [-0.3, -0.25) is 4.90 Å². The van der Waals surface area contributed by atoms with Crippen molar-refractivity contribution in [2.45, 2.75) is 57.1 Å². The molecule has 0 N–H and O–H groups in total. The van der Waals surface area contributed by atoms with Crippen molar-refractivity contribution in [2.24, 2.45) is 0 Å². The maximum absolute atomic E-state index is 13.9. The molecule has 4 aromatic rings. The van der Waals surface area contributed by atoms with Crippen LogP contribution in [0.1, 0.15) is 28.7 Å². The number of amides is 1. The summed E-state index contributed by atoms with van der Waals surface area (Å²) < 4.78 is 25.4. The Bertz CT molecular complexity index is 1380. The quantitative estimate of drug-likeness (QED) is 0.147. The van der Waals surface area contributed by atoms with E-state index < -0.39 is 24.3 Å². The van der Waals surface area contributed by atoms with Gasteiger partial charge in [-0.25, -0.2) is 4.79 Å². The predicted molar refractivity (Wildman–Crippen MR) is 167 cm³/mol. The van der Waals surface area contributed by atoms with Crippen LogP contribution in [-0.4, -0.2) is 41.9 Å². The topological polar surface area (TPSA) is 57.2 Å². The monoisotopic (exact) mass is 577 g/mol. The molecule has 43 heavy (non-hydrogen) atoms. The second kappa shape index (κ2) is 15.8. The van der Waals surface area contributed by atoms with Crippen LogP contribution in [0.2, 0.25) is 0 Å². The molecule has 0 unspecified atom stereocenters. The molecule has 1 heterocycles. The first-order valence-electron chi connectivity index (χ1n) is 14.8. The third kappa shape index (κ3) is 8.42. The van der Waals surface area contributed by atoms with Gasteiger partial charge in [-0.05, 0) is 28.7 Å². The third-order valence-corrected chi connectivity index (χ3v) is 7.59. The number of hydrogen-bond acceptors (Lipinski definition) is 5. The van der Waals surface area contributed by atoms with Crippen LogP contribution in [-0.2, 0) is 45.4 Å². The highest BCUT2D eigenvalue weighted by Crippen LogP contribution is 2.35. The summed E-state index contributed by atoms with van der Waals surface area (Å²) in [6.45, 7) is 5.60. The van der Waals surface area contributed by atoms with E-state index in [1.807, 2.05) is 127 Å². The summed E-state index contributed by atoms with van der Waals surface area (Å²) in [4.78, 5) is 15.7. The van der Waals surface area contributed by atoms with Gasteiger partial charge in [0.2, 0.25) is 0 Å². The minimum Gasteiger partial charge on any atom is -0.445 e. The number of nitrogens with zero attached hydrogens (tertiary/aromatic N) is 1. The normalized spacial score (nSPS) is 19.7. The van der Waals surface area contributed by atoms with Crippen LogP contribution in [0, 0.1) is 0 Å². The van der Waals surface area contributed by atoms with Gasteiger partial charge < -0.3 is 18.9 Å². The number of benzene rings is 4. The largest absolute Gasteiger partial charge is 0.445 e. The molecule has 1 fully saturated rings. The van der Waals surface area contributed by atoms with Gasteiger partial charge in [-0.15, -0.1) is 6.58 Å². The summed E-state index contributed by atoms with van der Waals surface area (Å²) in [6.07, 6.45) is 1.01. The van der Waals surface area contributed by atoms with Crippen molar-refractivity contribution in [3.8, 4) is 0 Å². The van der Waals surface area contributed by atoms with Crippen molar-refractivity contribution < 1.29 is 23.7 Å². The van der Waals surface area contributed by atoms with Crippen LogP contribution in [0.4, 0.5) is 4.79 Å². The number of likely N-dealkylation sites (tertiary alicyclic amines) is 1. The van der Waals surface area contributed by atoms with Gasteiger partial charge in [-0.1, -0.05) is 127 Å². The lowest BCUT2D eigenvalue weighted by molar-refractivity contribution is -0.0861. The van der Waals surface area contributed by atoms with Crippen LogP contribution in [0.5, 0.6) is 0 Å². The number of ether oxygens (including phenoxy) is 4. The van der Waals surface area contributed by atoms with Crippen molar-refractivity contribution in [1.82, 2.24) is 4.90 Å². The molecule has 4 atom stereocenters. The first-order valence-corrected chi connectivity index (χ1v) is 14.8. The van der Waals surface area contributed by atoms with Crippen molar-refractivity contribution in [2.75, 3.05) is 6.61 Å². The molecule has 1 saturated heterocycles. The molecular formula is C37H39NO5. The van der Waals surface area contributed by atoms with Crippen molar-refractivity contribution >= 4 is 6.09 Å². The average Bonchev–Trinajstić information content (AvgIpc) is 3.35. The Labute approximate surface area is 254 Å². The van der Waals surface area contributed by atoms with Gasteiger partial charge in [0.1, 0.15) is 18.8 Å². The van der Waals surface area contributed by atoms with E-state index in [9.17, 15) is 4.79 Å². The van der Waals surface area contributed by atoms with Gasteiger partial charge in [0.15, 0.2) is 0 Å². The molecule has 222 valence electrons. The van der Waals surface area contributed by atoms with Gasteiger partial charge in [0.25, 0.3) is 0 Å². The van der Waals surface area contributed by atoms with Crippen LogP contribution >= 0.6 is 0 Å². The summed E-state index contributed by atoms with van der Waals surface area (Å²) in [5.41, 5.74) is 4.06. The van der Waals surface area contributed by atoms with Crippen molar-refractivity contribution in [1.29, 1.82) is 0 Å². The zero-order valence-corrected chi connectivity index (χ0v) is 24.4. The number of carbonyl (C=O) groups excluding carboxylic acids is 1. The van der Waals surface area contributed by atoms with Gasteiger partial charge in [-0.2, -0.15) is 0 Å². The highest BCUT2D eigenvalue weighted by molar-refractivity contribution is 5.69. The van der Waals surface area contributed by atoms with E-state index in [4.69, 9.17) is 18.9 Å². The predicted octanol–water partition coefficient (Wildman–Crippen LogP) is 7.34. The smallest absolute Gasteiger partial charge is 0.410 e. The Kier molecular flexibility index (Phi) is 11.1. The highest BCUT2D eigenvalue weighted by Gasteiger charge is 2.52. The summed E-state index contributed by atoms with van der Waals surface area (Å²) in [5.74, 6) is 0. The summed E-state index contributed by atoms with van der Waals surface area (Å²) >= 11 is 0. The highest BCUT2D eigenvalue weighted by atomic mass is 16.6. The molecule has 0 radical (unpaired) electrons. The number of hydrogen-bond donors (Lipinski definition) is 0. The van der Waals surface area contributed by atoms with Gasteiger partial charge in [0.05, 0.1) is 38.5 Å². The molecule has 1 aliphatic rings. The van der Waals surface area contributed by atoms with Gasteiger partial charge in [0, 0.05) is 0 Å². The van der Waals surface area contributed by atoms with E-state index in [-0.39, 0.29) is 19.3 Å². The molecule has 1 amide bonds. The first kappa shape index (κ1) is 30.2. The molecule has 1 aliphatic heterocycles. The van der Waals surface area contributed by atoms with E-state index in [2.05, 4.69) is 6.58 Å². The van der Waals surface area contributed by atoms with Crippen LogP contribution in [0.25, 0.3) is 0 Å². The van der Waals surface area contributed by atoms with Gasteiger partial charge >= 0.3 is 6.09 Å². The maximum atomic E-state index is 13.9. The number of carbonyl (C=O) groups is 1. The zero-order chi connectivity index (χ0) is 29.7. The summed E-state index contributed by atoms with van der Waals surface area (Å²) in [7, 11) is 0. The lowest BCUT2D eigenvalue weighted by Gasteiger charge is -2.30. The van der Waals surface area contributed by atoms with E-state index in [0.717, 1.165) is 22.3 Å². The second-order valence-corrected chi connectivity index (χ2v) is 10.6. The minimum absolute atomic E-state index is 0.166. The molecule has 6 heteroatoms. The van der Waals surface area contributed by atoms with E-state index in [0.29, 0.717) is 26.2 Å². The zero-order valence-electron chi connectivity index (χ0n) is 24.4. The standard InChI is InChI=1S/C37H39NO5/c1-2-15-33-35(41-25-30-18-9-4-10-19-30)36(42-26-31-20-11-5-12-21-31)34(28-40-24-29-16-7-3-8-17-29)38(33)37(39)43-27-32-22-13-6-14-23-32/h2-14,16-23,33-36H,1,15,24-28H2/t33-,34-,35-,36-/m1/s1. The third-order valence-electron chi connectivity index (χ3n) is 7.59. The second-order valence-electron chi connectivity index (χ2n) is 10.6. The number of rotatable bonds is 14. The fourth-order valence-corrected chi connectivity index (χ4v) is 5.48. The fraction of sp³-hybridized carbons (Fsp3) is 0.270. The van der Waals surface area contributed by atoms with Crippen molar-refractivity contribution in [3.05, 3.63) is 156 Å². The lowest BCUT2D eigenvalue weighted by atomic mass is 10.0. The molecular weight excluding hydrogens is 538 g/mol. The van der Waals surface area contributed by atoms with E-state index in [1.54, 1.807) is 4.90 Å². The molecule has 0 spiro atoms. The minimum atomic E-state index is -0.464. The summed E-state index contributed by atoms with van der Waals surface area (Å²) in [5, 5.41) is 0. The molecule has 6 nitrogen and oxygen atoms in total. The first-order chi connectivity index (χ1) is 21.2. The Morgan fingerprint density at radius 2 is 1.02 bits per heavy atom. The molecule has 0 bridgehead atoms. The van der Waals surface area contributed by atoms with E-state index >= 15 is 0 Å².